The molecule has 0 spiro atoms. The Hall–Kier alpha value is -1.35. The molecule has 0 rings (SSSR count). The van der Waals surface area contributed by atoms with E-state index in [1.807, 2.05) is 6.92 Å². The quantitative estimate of drug-likeness (QED) is 0.568. The van der Waals surface area contributed by atoms with Crippen molar-refractivity contribution in [2.75, 3.05) is 13.7 Å². The Bertz CT molecular complexity index is 395. The maximum atomic E-state index is 11.3. The molecule has 0 heterocycles. The molecule has 0 aromatic carbocycles. The summed E-state index contributed by atoms with van der Waals surface area (Å²) in [5.41, 5.74) is 0. The number of ether oxygens (including phenoxy) is 1. The molecule has 1 unspecified atom stereocenters. The van der Waals surface area contributed by atoms with Gasteiger partial charge in [-0.15, -0.1) is 0 Å². The molecule has 112 valence electrons. The number of methoxy groups -OCH3 is 1. The van der Waals surface area contributed by atoms with Crippen molar-refractivity contribution in [3.63, 3.8) is 0 Å². The van der Waals surface area contributed by atoms with Crippen molar-refractivity contribution in [3.8, 4) is 0 Å². The van der Waals surface area contributed by atoms with Gasteiger partial charge in [0.25, 0.3) is 0 Å². The first-order chi connectivity index (χ1) is 8.80. The second-order valence-electron chi connectivity index (χ2n) is 3.99. The van der Waals surface area contributed by atoms with Crippen LogP contribution in [-0.4, -0.2) is 39.2 Å². The number of aliphatic carboxylic acids is 1. The number of hydrogen-bond acceptors (Lipinski definition) is 5. The van der Waals surface area contributed by atoms with Gasteiger partial charge >= 0.3 is 22.3 Å². The van der Waals surface area contributed by atoms with Crippen molar-refractivity contribution >= 4 is 22.3 Å². The Balaban J connectivity index is 4.04. The van der Waals surface area contributed by atoms with Gasteiger partial charge in [-0.1, -0.05) is 13.3 Å². The number of carbonyl (C=O) groups is 2. The van der Waals surface area contributed by atoms with E-state index in [2.05, 4.69) is 9.46 Å². The Morgan fingerprint density at radius 3 is 2.42 bits per heavy atom. The SMILES string of the molecule is CCC(CCNS(=O)(=O)NC(=O)OC)CCC(=O)O. The predicted octanol–water partition coefficient (Wildman–Crippen LogP) is 0.458. The third-order valence-electron chi connectivity index (χ3n) is 2.59. The van der Waals surface area contributed by atoms with Crippen molar-refractivity contribution in [1.82, 2.24) is 9.44 Å². The average molecular weight is 296 g/mol. The van der Waals surface area contributed by atoms with Crippen LogP contribution in [0.5, 0.6) is 0 Å². The van der Waals surface area contributed by atoms with Gasteiger partial charge in [0.15, 0.2) is 0 Å². The standard InChI is InChI=1S/C10H20N2O6S/c1-3-8(4-5-9(13)14)6-7-11-19(16,17)12-10(15)18-2/h8,11H,3-7H2,1-2H3,(H,12,15)(H,13,14). The van der Waals surface area contributed by atoms with Gasteiger partial charge in [-0.3, -0.25) is 4.79 Å². The number of hydrogen-bond donors (Lipinski definition) is 3. The summed E-state index contributed by atoms with van der Waals surface area (Å²) in [4.78, 5) is 21.2. The van der Waals surface area contributed by atoms with Crippen LogP contribution >= 0.6 is 0 Å². The summed E-state index contributed by atoms with van der Waals surface area (Å²) in [5.74, 6) is -0.747. The normalized spacial score (nSPS) is 12.7. The highest BCUT2D eigenvalue weighted by atomic mass is 32.2. The van der Waals surface area contributed by atoms with Crippen LogP contribution in [0.25, 0.3) is 0 Å². The molecule has 0 aliphatic carbocycles. The van der Waals surface area contributed by atoms with Crippen molar-refractivity contribution in [1.29, 1.82) is 0 Å². The fourth-order valence-electron chi connectivity index (χ4n) is 1.47. The van der Waals surface area contributed by atoms with Crippen LogP contribution in [0.4, 0.5) is 4.79 Å². The largest absolute Gasteiger partial charge is 0.481 e. The molecule has 0 aliphatic heterocycles. The number of rotatable bonds is 9. The average Bonchev–Trinajstić information content (AvgIpc) is 2.32. The summed E-state index contributed by atoms with van der Waals surface area (Å²) in [6.07, 6.45) is 0.764. The molecule has 0 bridgehead atoms. The maximum absolute atomic E-state index is 11.3. The van der Waals surface area contributed by atoms with Crippen LogP contribution in [0.3, 0.4) is 0 Å². The van der Waals surface area contributed by atoms with Gasteiger partial charge in [0.2, 0.25) is 0 Å². The van der Waals surface area contributed by atoms with Gasteiger partial charge in [0, 0.05) is 13.0 Å². The maximum Gasteiger partial charge on any atom is 0.421 e. The second-order valence-corrected chi connectivity index (χ2v) is 5.49. The molecule has 3 N–H and O–H groups in total. The van der Waals surface area contributed by atoms with E-state index in [4.69, 9.17) is 5.11 Å². The van der Waals surface area contributed by atoms with Gasteiger partial charge in [-0.25, -0.2) is 9.52 Å². The van der Waals surface area contributed by atoms with Crippen LogP contribution in [0.2, 0.25) is 0 Å². The minimum atomic E-state index is -3.92. The van der Waals surface area contributed by atoms with Gasteiger partial charge in [-0.05, 0) is 18.8 Å². The van der Waals surface area contributed by atoms with Crippen LogP contribution in [0, 0.1) is 5.92 Å². The number of carbonyl (C=O) groups excluding carboxylic acids is 1. The van der Waals surface area contributed by atoms with Crippen molar-refractivity contribution in [2.45, 2.75) is 32.6 Å². The van der Waals surface area contributed by atoms with Crippen LogP contribution in [0.1, 0.15) is 32.6 Å². The first-order valence-electron chi connectivity index (χ1n) is 5.87. The monoisotopic (exact) mass is 296 g/mol. The fourth-order valence-corrected chi connectivity index (χ4v) is 2.23. The first kappa shape index (κ1) is 17.6. The third-order valence-corrected chi connectivity index (χ3v) is 3.61. The Morgan fingerprint density at radius 2 is 1.95 bits per heavy atom. The number of carboxylic acids is 1. The molecule has 8 nitrogen and oxygen atoms in total. The molecule has 1 amide bonds. The molecule has 0 aromatic rings. The number of amides is 1. The van der Waals surface area contributed by atoms with Crippen LogP contribution in [0.15, 0.2) is 0 Å². The zero-order valence-electron chi connectivity index (χ0n) is 11.0. The lowest BCUT2D eigenvalue weighted by atomic mass is 9.97. The summed E-state index contributed by atoms with van der Waals surface area (Å²) < 4.78 is 30.6. The van der Waals surface area contributed by atoms with Gasteiger partial charge in [-0.2, -0.15) is 13.1 Å². The molecule has 0 aromatic heterocycles. The van der Waals surface area contributed by atoms with Crippen molar-refractivity contribution in [2.24, 2.45) is 5.92 Å². The van der Waals surface area contributed by atoms with E-state index in [1.54, 1.807) is 4.72 Å². The molecular weight excluding hydrogens is 276 g/mol. The highest BCUT2D eigenvalue weighted by molar-refractivity contribution is 7.88. The summed E-state index contributed by atoms with van der Waals surface area (Å²) in [6, 6.07) is 0. The molecule has 19 heavy (non-hydrogen) atoms. The molecule has 0 radical (unpaired) electrons. The van der Waals surface area contributed by atoms with E-state index in [0.29, 0.717) is 12.8 Å². The lowest BCUT2D eigenvalue weighted by molar-refractivity contribution is -0.137. The molecule has 1 atom stereocenters. The number of carboxylic acid groups (broad SMARTS) is 1. The smallest absolute Gasteiger partial charge is 0.421 e. The summed E-state index contributed by atoms with van der Waals surface area (Å²) in [5, 5.41) is 8.57. The van der Waals surface area contributed by atoms with Crippen LogP contribution < -0.4 is 9.44 Å². The molecule has 0 saturated carbocycles. The second kappa shape index (κ2) is 8.70. The summed E-state index contributed by atoms with van der Waals surface area (Å²) in [7, 11) is -2.86. The topological polar surface area (TPSA) is 122 Å². The highest BCUT2D eigenvalue weighted by Crippen LogP contribution is 2.14. The Kier molecular flexibility index (Phi) is 8.08. The lowest BCUT2D eigenvalue weighted by Crippen LogP contribution is -2.40. The summed E-state index contributed by atoms with van der Waals surface area (Å²) >= 11 is 0. The van der Waals surface area contributed by atoms with E-state index < -0.39 is 22.3 Å². The van der Waals surface area contributed by atoms with Gasteiger partial charge in [0.05, 0.1) is 7.11 Å². The van der Waals surface area contributed by atoms with Crippen molar-refractivity contribution in [3.05, 3.63) is 0 Å². The third kappa shape index (κ3) is 9.25. The molecular formula is C10H20N2O6S. The van der Waals surface area contributed by atoms with E-state index in [-0.39, 0.29) is 18.9 Å². The fraction of sp³-hybridized carbons (Fsp3) is 0.800. The van der Waals surface area contributed by atoms with Gasteiger partial charge < -0.3 is 9.84 Å². The van der Waals surface area contributed by atoms with E-state index in [0.717, 1.165) is 13.5 Å². The van der Waals surface area contributed by atoms with Crippen LogP contribution in [-0.2, 0) is 19.7 Å². The molecule has 0 aliphatic rings. The Labute approximate surface area is 112 Å². The lowest BCUT2D eigenvalue weighted by Gasteiger charge is -2.14. The van der Waals surface area contributed by atoms with E-state index in [1.165, 1.54) is 0 Å². The minimum Gasteiger partial charge on any atom is -0.481 e. The minimum absolute atomic E-state index is 0.0612. The predicted molar refractivity (Wildman–Crippen MR) is 67.7 cm³/mol. The Morgan fingerprint density at radius 1 is 1.32 bits per heavy atom. The first-order valence-corrected chi connectivity index (χ1v) is 7.36. The molecule has 0 fully saturated rings. The zero-order chi connectivity index (χ0) is 14.9. The molecule has 9 heteroatoms. The number of nitrogens with one attached hydrogen (secondary N) is 2. The van der Waals surface area contributed by atoms with E-state index >= 15 is 0 Å². The van der Waals surface area contributed by atoms with Crippen molar-refractivity contribution < 1.29 is 27.9 Å². The van der Waals surface area contributed by atoms with E-state index in [9.17, 15) is 18.0 Å². The molecule has 0 saturated heterocycles. The highest BCUT2D eigenvalue weighted by Gasteiger charge is 2.15. The summed E-state index contributed by atoms with van der Waals surface area (Å²) in [6.45, 7) is 2.04. The zero-order valence-corrected chi connectivity index (χ0v) is 11.8. The van der Waals surface area contributed by atoms with Gasteiger partial charge in [0.1, 0.15) is 0 Å².